The van der Waals surface area contributed by atoms with E-state index >= 15 is 0 Å². The molecule has 0 saturated carbocycles. The highest BCUT2D eigenvalue weighted by atomic mass is 32.1. The quantitative estimate of drug-likeness (QED) is 0.600. The van der Waals surface area contributed by atoms with Gasteiger partial charge in [0.05, 0.1) is 4.75 Å². The van der Waals surface area contributed by atoms with Crippen molar-refractivity contribution in [1.29, 1.82) is 0 Å². The van der Waals surface area contributed by atoms with Gasteiger partial charge in [0.2, 0.25) is 5.91 Å². The average Bonchev–Trinajstić information content (AvgIpc) is 1.60. The Hall–Kier alpha value is -0.180. The molecule has 0 heterocycles. The van der Waals surface area contributed by atoms with Crippen LogP contribution < -0.4 is 5.73 Å². The maximum atomic E-state index is 10.7. The number of carbonyl (C=O) groups excluding carboxylic acids is 1. The zero-order chi connectivity index (χ0) is 8.36. The minimum atomic E-state index is -0.645. The third-order valence-electron chi connectivity index (χ3n) is 1.34. The second kappa shape index (κ2) is 3.28. The van der Waals surface area contributed by atoms with Crippen molar-refractivity contribution < 1.29 is 4.79 Å². The van der Waals surface area contributed by atoms with Crippen LogP contribution >= 0.6 is 12.6 Å². The molecule has 0 aliphatic rings. The smallest absolute Gasteiger partial charge is 0.233 e. The summed E-state index contributed by atoms with van der Waals surface area (Å²) in [6, 6.07) is 0. The topological polar surface area (TPSA) is 43.1 Å². The summed E-state index contributed by atoms with van der Waals surface area (Å²) < 4.78 is -0.645. The summed E-state index contributed by atoms with van der Waals surface area (Å²) in [5.74, 6) is 0.111. The number of carbonyl (C=O) groups is 1. The van der Waals surface area contributed by atoms with Gasteiger partial charge in [0.15, 0.2) is 0 Å². The van der Waals surface area contributed by atoms with Crippen molar-refractivity contribution in [1.82, 2.24) is 0 Å². The average molecular weight is 161 g/mol. The van der Waals surface area contributed by atoms with E-state index < -0.39 is 4.75 Å². The molecule has 0 bridgehead atoms. The largest absolute Gasteiger partial charge is 0.368 e. The molecule has 1 unspecified atom stereocenters. The normalized spacial score (nSPS) is 16.9. The van der Waals surface area contributed by atoms with Gasteiger partial charge >= 0.3 is 0 Å². The lowest BCUT2D eigenvalue weighted by Crippen LogP contribution is -2.36. The zero-order valence-electron chi connectivity index (χ0n) is 6.72. The first-order valence-electron chi connectivity index (χ1n) is 3.38. The number of rotatable bonds is 3. The van der Waals surface area contributed by atoms with Crippen molar-refractivity contribution in [3.8, 4) is 0 Å². The Morgan fingerprint density at radius 1 is 1.70 bits per heavy atom. The van der Waals surface area contributed by atoms with Gasteiger partial charge in [-0.2, -0.15) is 12.6 Å². The van der Waals surface area contributed by atoms with Crippen LogP contribution in [0.25, 0.3) is 0 Å². The van der Waals surface area contributed by atoms with Gasteiger partial charge in [0.1, 0.15) is 0 Å². The fraction of sp³-hybridized carbons (Fsp3) is 0.857. The Morgan fingerprint density at radius 3 is 2.20 bits per heavy atom. The zero-order valence-corrected chi connectivity index (χ0v) is 7.61. The van der Waals surface area contributed by atoms with Crippen molar-refractivity contribution in [2.24, 2.45) is 11.7 Å². The summed E-state index contributed by atoms with van der Waals surface area (Å²) in [5, 5.41) is 0. The highest BCUT2D eigenvalue weighted by molar-refractivity contribution is 7.82. The molecule has 2 nitrogen and oxygen atoms in total. The molecule has 1 atom stereocenters. The van der Waals surface area contributed by atoms with Gasteiger partial charge in [0.25, 0.3) is 0 Å². The summed E-state index contributed by atoms with van der Waals surface area (Å²) in [5.41, 5.74) is 5.10. The maximum Gasteiger partial charge on any atom is 0.233 e. The SMILES string of the molecule is CC(C)CC(C)(S)C(N)=O. The van der Waals surface area contributed by atoms with Crippen molar-refractivity contribution in [2.75, 3.05) is 0 Å². The van der Waals surface area contributed by atoms with Crippen molar-refractivity contribution in [3.05, 3.63) is 0 Å². The molecule has 0 aliphatic heterocycles. The molecule has 2 N–H and O–H groups in total. The molecule has 0 aromatic rings. The molecule has 0 radical (unpaired) electrons. The second-order valence-corrected chi connectivity index (χ2v) is 4.22. The Morgan fingerprint density at radius 2 is 2.10 bits per heavy atom. The molecule has 3 heteroatoms. The Balaban J connectivity index is 4.00. The molecule has 60 valence electrons. The highest BCUT2D eigenvalue weighted by Gasteiger charge is 2.26. The molecule has 0 aliphatic carbocycles. The first-order valence-corrected chi connectivity index (χ1v) is 3.83. The van der Waals surface area contributed by atoms with Crippen LogP contribution in [0.1, 0.15) is 27.2 Å². The standard InChI is InChI=1S/C7H15NOS/c1-5(2)4-7(3,10)6(8)9/h5,10H,4H2,1-3H3,(H2,8,9). The molecule has 0 saturated heterocycles. The molecular formula is C7H15NOS. The summed E-state index contributed by atoms with van der Waals surface area (Å²) in [6.07, 6.45) is 0.728. The molecular weight excluding hydrogens is 146 g/mol. The Kier molecular flexibility index (Phi) is 3.22. The molecule has 0 fully saturated rings. The van der Waals surface area contributed by atoms with Gasteiger partial charge in [-0.25, -0.2) is 0 Å². The molecule has 1 amide bonds. The number of hydrogen-bond acceptors (Lipinski definition) is 2. The first-order chi connectivity index (χ1) is 4.36. The van der Waals surface area contributed by atoms with Crippen LogP contribution in [-0.4, -0.2) is 10.7 Å². The third kappa shape index (κ3) is 3.11. The van der Waals surface area contributed by atoms with Crippen LogP contribution in [0.15, 0.2) is 0 Å². The minimum absolute atomic E-state index is 0.343. The van der Waals surface area contributed by atoms with E-state index in [1.807, 2.05) is 13.8 Å². The number of nitrogens with two attached hydrogens (primary N) is 1. The number of hydrogen-bond donors (Lipinski definition) is 2. The van der Waals surface area contributed by atoms with Crippen molar-refractivity contribution >= 4 is 18.5 Å². The van der Waals surface area contributed by atoms with Gasteiger partial charge < -0.3 is 5.73 Å². The lowest BCUT2D eigenvalue weighted by atomic mass is 9.97. The van der Waals surface area contributed by atoms with Crippen LogP contribution in [0, 0.1) is 5.92 Å². The van der Waals surface area contributed by atoms with Crippen LogP contribution in [0.3, 0.4) is 0 Å². The van der Waals surface area contributed by atoms with E-state index in [4.69, 9.17) is 5.73 Å². The van der Waals surface area contributed by atoms with E-state index in [0.717, 1.165) is 6.42 Å². The predicted octanol–water partition coefficient (Wildman–Crippen LogP) is 1.21. The monoisotopic (exact) mass is 161 g/mol. The van der Waals surface area contributed by atoms with E-state index in [1.165, 1.54) is 0 Å². The fourth-order valence-electron chi connectivity index (χ4n) is 0.896. The molecule has 0 aromatic carbocycles. The predicted molar refractivity (Wildman–Crippen MR) is 46.0 cm³/mol. The van der Waals surface area contributed by atoms with Crippen LogP contribution in [0.5, 0.6) is 0 Å². The van der Waals surface area contributed by atoms with Crippen LogP contribution in [0.2, 0.25) is 0 Å². The van der Waals surface area contributed by atoms with Crippen molar-refractivity contribution in [3.63, 3.8) is 0 Å². The van der Waals surface area contributed by atoms with Gasteiger partial charge in [-0.15, -0.1) is 0 Å². The first kappa shape index (κ1) is 9.82. The molecule has 0 rings (SSSR count). The Labute approximate surface area is 67.6 Å². The number of amides is 1. The molecule has 0 aromatic heterocycles. The summed E-state index contributed by atoms with van der Waals surface area (Å²) in [6.45, 7) is 5.83. The summed E-state index contributed by atoms with van der Waals surface area (Å²) >= 11 is 4.15. The van der Waals surface area contributed by atoms with E-state index in [0.29, 0.717) is 5.92 Å². The molecule has 10 heavy (non-hydrogen) atoms. The maximum absolute atomic E-state index is 10.7. The number of primary amides is 1. The van der Waals surface area contributed by atoms with E-state index in [1.54, 1.807) is 6.92 Å². The third-order valence-corrected chi connectivity index (χ3v) is 1.74. The second-order valence-electron chi connectivity index (χ2n) is 3.24. The van der Waals surface area contributed by atoms with Crippen LogP contribution in [0.4, 0.5) is 0 Å². The van der Waals surface area contributed by atoms with Crippen LogP contribution in [-0.2, 0) is 4.79 Å². The van der Waals surface area contributed by atoms with Gasteiger partial charge in [-0.3, -0.25) is 4.79 Å². The van der Waals surface area contributed by atoms with E-state index in [-0.39, 0.29) is 5.91 Å². The molecule has 0 spiro atoms. The van der Waals surface area contributed by atoms with E-state index in [2.05, 4.69) is 12.6 Å². The van der Waals surface area contributed by atoms with Crippen molar-refractivity contribution in [2.45, 2.75) is 31.9 Å². The fourth-order valence-corrected chi connectivity index (χ4v) is 1.26. The minimum Gasteiger partial charge on any atom is -0.368 e. The van der Waals surface area contributed by atoms with E-state index in [9.17, 15) is 4.79 Å². The highest BCUT2D eigenvalue weighted by Crippen LogP contribution is 2.22. The number of thiol groups is 1. The summed E-state index contributed by atoms with van der Waals surface area (Å²) in [4.78, 5) is 10.7. The Bertz CT molecular complexity index is 132. The lowest BCUT2D eigenvalue weighted by molar-refractivity contribution is -0.120. The lowest BCUT2D eigenvalue weighted by Gasteiger charge is -2.21. The van der Waals surface area contributed by atoms with Gasteiger partial charge in [-0.05, 0) is 19.3 Å². The van der Waals surface area contributed by atoms with Gasteiger partial charge in [0, 0.05) is 0 Å². The summed E-state index contributed by atoms with van der Waals surface area (Å²) in [7, 11) is 0. The van der Waals surface area contributed by atoms with Gasteiger partial charge in [-0.1, -0.05) is 13.8 Å².